The van der Waals surface area contributed by atoms with Crippen molar-refractivity contribution >= 4 is 5.91 Å². The molecule has 140 valence electrons. The monoisotopic (exact) mass is 369 g/mol. The van der Waals surface area contributed by atoms with Crippen molar-refractivity contribution in [2.45, 2.75) is 6.54 Å². The number of aromatic nitrogens is 2. The van der Waals surface area contributed by atoms with Crippen LogP contribution in [0.1, 0.15) is 16.2 Å². The van der Waals surface area contributed by atoms with Crippen molar-refractivity contribution in [3.8, 4) is 28.6 Å². The summed E-state index contributed by atoms with van der Waals surface area (Å²) in [4.78, 5) is 16.8. The lowest BCUT2D eigenvalue weighted by molar-refractivity contribution is 0.0942. The molecule has 1 aromatic heterocycles. The van der Waals surface area contributed by atoms with E-state index in [1.54, 1.807) is 25.3 Å². The fourth-order valence-electron chi connectivity index (χ4n) is 2.50. The minimum Gasteiger partial charge on any atom is -0.497 e. The molecule has 8 nitrogen and oxygen atoms in total. The van der Waals surface area contributed by atoms with E-state index in [9.17, 15) is 4.79 Å². The molecule has 8 heteroatoms. The quantitative estimate of drug-likeness (QED) is 0.684. The second kappa shape index (κ2) is 8.22. The Bertz CT molecular complexity index is 921. The average molecular weight is 369 g/mol. The Hall–Kier alpha value is -3.55. The highest BCUT2D eigenvalue weighted by molar-refractivity contribution is 5.97. The van der Waals surface area contributed by atoms with E-state index < -0.39 is 0 Å². The van der Waals surface area contributed by atoms with Gasteiger partial charge < -0.3 is 24.1 Å². The molecular formula is C19H19N3O5. The van der Waals surface area contributed by atoms with Crippen molar-refractivity contribution in [2.75, 3.05) is 21.3 Å². The van der Waals surface area contributed by atoms with E-state index in [2.05, 4.69) is 15.5 Å². The third kappa shape index (κ3) is 4.00. The number of carbonyl (C=O) groups excluding carboxylic acids is 1. The van der Waals surface area contributed by atoms with Crippen LogP contribution in [0.15, 0.2) is 47.0 Å². The number of nitrogens with zero attached hydrogens (tertiary/aromatic N) is 2. The highest BCUT2D eigenvalue weighted by Gasteiger charge is 2.17. The molecule has 27 heavy (non-hydrogen) atoms. The molecule has 0 saturated carbocycles. The first-order valence-electron chi connectivity index (χ1n) is 8.12. The van der Waals surface area contributed by atoms with Crippen LogP contribution in [-0.2, 0) is 6.54 Å². The van der Waals surface area contributed by atoms with E-state index in [0.717, 1.165) is 11.3 Å². The first kappa shape index (κ1) is 18.2. The number of para-hydroxylation sites is 1. The molecule has 1 amide bonds. The van der Waals surface area contributed by atoms with Gasteiger partial charge in [-0.1, -0.05) is 11.2 Å². The number of rotatable bonds is 7. The first-order chi connectivity index (χ1) is 13.2. The first-order valence-corrected chi connectivity index (χ1v) is 8.12. The molecule has 0 atom stereocenters. The van der Waals surface area contributed by atoms with E-state index in [1.165, 1.54) is 14.2 Å². The number of carbonyl (C=O) groups is 1. The zero-order valence-electron chi connectivity index (χ0n) is 15.2. The minimum absolute atomic E-state index is 0.0857. The Balaban J connectivity index is 1.69. The van der Waals surface area contributed by atoms with Crippen LogP contribution in [0.25, 0.3) is 11.4 Å². The van der Waals surface area contributed by atoms with Crippen molar-refractivity contribution in [1.29, 1.82) is 0 Å². The van der Waals surface area contributed by atoms with Gasteiger partial charge in [-0.2, -0.15) is 4.98 Å². The standard InChI is InChI=1S/C19H19N3O5/c1-24-13-9-7-12(8-10-13)18-21-16(27-22-18)11-20-19(23)14-5-4-6-15(25-2)17(14)26-3/h4-10H,11H2,1-3H3,(H,20,23). The van der Waals surface area contributed by atoms with Gasteiger partial charge in [0, 0.05) is 5.56 Å². The van der Waals surface area contributed by atoms with Gasteiger partial charge in [-0.25, -0.2) is 0 Å². The molecule has 0 aliphatic rings. The number of hydrogen-bond donors (Lipinski definition) is 1. The third-order valence-corrected chi connectivity index (χ3v) is 3.86. The molecule has 1 heterocycles. The predicted octanol–water partition coefficient (Wildman–Crippen LogP) is 2.69. The second-order valence-corrected chi connectivity index (χ2v) is 5.46. The van der Waals surface area contributed by atoms with Gasteiger partial charge in [0.25, 0.3) is 5.91 Å². The van der Waals surface area contributed by atoms with Crippen LogP contribution in [0.4, 0.5) is 0 Å². The molecule has 0 unspecified atom stereocenters. The normalized spacial score (nSPS) is 10.3. The van der Waals surface area contributed by atoms with Crippen molar-refractivity contribution in [2.24, 2.45) is 0 Å². The van der Waals surface area contributed by atoms with Gasteiger partial charge in [0.2, 0.25) is 11.7 Å². The fourth-order valence-corrected chi connectivity index (χ4v) is 2.50. The van der Waals surface area contributed by atoms with E-state index in [-0.39, 0.29) is 18.3 Å². The Morgan fingerprint density at radius 1 is 1.04 bits per heavy atom. The summed E-state index contributed by atoms with van der Waals surface area (Å²) < 4.78 is 20.8. The van der Waals surface area contributed by atoms with Crippen LogP contribution in [0.5, 0.6) is 17.2 Å². The fraction of sp³-hybridized carbons (Fsp3) is 0.211. The Morgan fingerprint density at radius 2 is 1.81 bits per heavy atom. The lowest BCUT2D eigenvalue weighted by Gasteiger charge is -2.11. The minimum atomic E-state index is -0.338. The third-order valence-electron chi connectivity index (χ3n) is 3.86. The molecule has 0 spiro atoms. The topological polar surface area (TPSA) is 95.7 Å². The molecule has 0 saturated heterocycles. The summed E-state index contributed by atoms with van der Waals surface area (Å²) in [6.45, 7) is 0.0857. The summed E-state index contributed by atoms with van der Waals surface area (Å²) in [5.41, 5.74) is 1.14. The van der Waals surface area contributed by atoms with Crippen molar-refractivity contribution < 1.29 is 23.5 Å². The molecule has 0 bridgehead atoms. The number of amides is 1. The highest BCUT2D eigenvalue weighted by atomic mass is 16.5. The Morgan fingerprint density at radius 3 is 2.48 bits per heavy atom. The second-order valence-electron chi connectivity index (χ2n) is 5.46. The van der Waals surface area contributed by atoms with E-state index in [1.807, 2.05) is 24.3 Å². The van der Waals surface area contributed by atoms with Gasteiger partial charge in [-0.05, 0) is 36.4 Å². The van der Waals surface area contributed by atoms with Crippen molar-refractivity contribution in [1.82, 2.24) is 15.5 Å². The van der Waals surface area contributed by atoms with Crippen LogP contribution in [0.3, 0.4) is 0 Å². The molecule has 2 aromatic carbocycles. The van der Waals surface area contributed by atoms with Crippen LogP contribution in [0, 0.1) is 0 Å². The maximum Gasteiger partial charge on any atom is 0.255 e. The van der Waals surface area contributed by atoms with Gasteiger partial charge >= 0.3 is 0 Å². The van der Waals surface area contributed by atoms with Crippen LogP contribution < -0.4 is 19.5 Å². The van der Waals surface area contributed by atoms with E-state index >= 15 is 0 Å². The molecule has 0 fully saturated rings. The molecule has 1 N–H and O–H groups in total. The smallest absolute Gasteiger partial charge is 0.255 e. The SMILES string of the molecule is COc1ccc(-c2noc(CNC(=O)c3cccc(OC)c3OC)n2)cc1. The van der Waals surface area contributed by atoms with Gasteiger partial charge in [0.05, 0.1) is 33.4 Å². The molecule has 0 radical (unpaired) electrons. The maximum atomic E-state index is 12.5. The number of methoxy groups -OCH3 is 3. The number of nitrogens with one attached hydrogen (secondary N) is 1. The van der Waals surface area contributed by atoms with Crippen LogP contribution in [0.2, 0.25) is 0 Å². The maximum absolute atomic E-state index is 12.5. The van der Waals surface area contributed by atoms with Crippen LogP contribution in [-0.4, -0.2) is 37.4 Å². The Labute approximate surface area is 156 Å². The molecule has 0 aliphatic carbocycles. The predicted molar refractivity (Wildman–Crippen MR) is 97.0 cm³/mol. The summed E-state index contributed by atoms with van der Waals surface area (Å²) in [5, 5.41) is 6.66. The summed E-state index contributed by atoms with van der Waals surface area (Å²) in [6.07, 6.45) is 0. The Kier molecular flexibility index (Phi) is 5.55. The molecule has 3 aromatic rings. The van der Waals surface area contributed by atoms with Gasteiger partial charge in [-0.15, -0.1) is 0 Å². The molecule has 3 rings (SSSR count). The zero-order valence-corrected chi connectivity index (χ0v) is 15.2. The van der Waals surface area contributed by atoms with E-state index in [4.69, 9.17) is 18.7 Å². The zero-order chi connectivity index (χ0) is 19.2. The summed E-state index contributed by atoms with van der Waals surface area (Å²) in [7, 11) is 4.59. The largest absolute Gasteiger partial charge is 0.497 e. The average Bonchev–Trinajstić information content (AvgIpc) is 3.20. The number of hydrogen-bond acceptors (Lipinski definition) is 7. The van der Waals surface area contributed by atoms with Gasteiger partial charge in [0.15, 0.2) is 11.5 Å². The summed E-state index contributed by atoms with van der Waals surface area (Å²) in [6, 6.07) is 12.3. The lowest BCUT2D eigenvalue weighted by atomic mass is 10.1. The highest BCUT2D eigenvalue weighted by Crippen LogP contribution is 2.30. The van der Waals surface area contributed by atoms with E-state index in [0.29, 0.717) is 22.9 Å². The van der Waals surface area contributed by atoms with Gasteiger partial charge in [0.1, 0.15) is 5.75 Å². The summed E-state index contributed by atoms with van der Waals surface area (Å²) >= 11 is 0. The summed E-state index contributed by atoms with van der Waals surface area (Å²) in [5.74, 6) is 1.96. The molecule has 0 aliphatic heterocycles. The molecular weight excluding hydrogens is 350 g/mol. The van der Waals surface area contributed by atoms with Crippen LogP contribution >= 0.6 is 0 Å². The number of benzene rings is 2. The number of ether oxygens (including phenoxy) is 3. The van der Waals surface area contributed by atoms with Crippen molar-refractivity contribution in [3.63, 3.8) is 0 Å². The lowest BCUT2D eigenvalue weighted by Crippen LogP contribution is -2.23. The van der Waals surface area contributed by atoms with Crippen molar-refractivity contribution in [3.05, 3.63) is 53.9 Å². The van der Waals surface area contributed by atoms with Gasteiger partial charge in [-0.3, -0.25) is 4.79 Å².